The molecule has 1 aliphatic rings. The monoisotopic (exact) mass is 352 g/mol. The lowest BCUT2D eigenvalue weighted by Gasteiger charge is -2.50. The van der Waals surface area contributed by atoms with E-state index in [0.717, 1.165) is 0 Å². The molecule has 1 fully saturated rings. The van der Waals surface area contributed by atoms with Crippen LogP contribution in [0.5, 0.6) is 0 Å². The molecule has 2 rings (SSSR count). The number of aryl methyl sites for hydroxylation is 1. The van der Waals surface area contributed by atoms with Gasteiger partial charge in [0.25, 0.3) is 10.0 Å². The molecular weight excluding hydrogens is 336 g/mol. The van der Waals surface area contributed by atoms with Crippen molar-refractivity contribution < 1.29 is 13.2 Å². The number of hydrogen-bond donors (Lipinski definition) is 1. The molecule has 1 heterocycles. The lowest BCUT2D eigenvalue weighted by atomic mass is 9.65. The summed E-state index contributed by atoms with van der Waals surface area (Å²) in [6.45, 7) is 3.96. The summed E-state index contributed by atoms with van der Waals surface area (Å²) in [5.41, 5.74) is -0.236. The van der Waals surface area contributed by atoms with Crippen LogP contribution >= 0.6 is 15.9 Å². The van der Waals surface area contributed by atoms with Crippen molar-refractivity contribution in [2.75, 3.05) is 7.11 Å². The summed E-state index contributed by atoms with van der Waals surface area (Å²) in [6.07, 6.45) is 0.722. The maximum absolute atomic E-state index is 12.3. The van der Waals surface area contributed by atoms with Gasteiger partial charge in [-0.15, -0.1) is 5.10 Å². The topological polar surface area (TPSA) is 86.1 Å². The van der Waals surface area contributed by atoms with Crippen LogP contribution in [-0.2, 0) is 21.8 Å². The van der Waals surface area contributed by atoms with E-state index >= 15 is 0 Å². The molecular formula is C10H17BrN4O3S. The van der Waals surface area contributed by atoms with Gasteiger partial charge in [0, 0.05) is 25.6 Å². The Kier molecular flexibility index (Phi) is 3.76. The molecule has 0 radical (unpaired) electrons. The van der Waals surface area contributed by atoms with Crippen molar-refractivity contribution >= 4 is 26.0 Å². The van der Waals surface area contributed by atoms with Crippen molar-refractivity contribution in [2.24, 2.45) is 12.5 Å². The van der Waals surface area contributed by atoms with Crippen LogP contribution in [-0.4, -0.2) is 42.7 Å². The molecule has 0 saturated heterocycles. The summed E-state index contributed by atoms with van der Waals surface area (Å²) < 4.78 is 34.1. The molecule has 2 atom stereocenters. The van der Waals surface area contributed by atoms with Gasteiger partial charge < -0.3 is 4.74 Å². The Morgan fingerprint density at radius 2 is 2.16 bits per heavy atom. The van der Waals surface area contributed by atoms with Crippen molar-refractivity contribution in [3.05, 3.63) is 4.60 Å². The third-order valence-corrected chi connectivity index (χ3v) is 6.11. The minimum Gasteiger partial charge on any atom is -0.381 e. The Morgan fingerprint density at radius 3 is 2.58 bits per heavy atom. The van der Waals surface area contributed by atoms with Gasteiger partial charge in [-0.05, 0) is 22.4 Å². The molecule has 1 aliphatic carbocycles. The third-order valence-electron chi connectivity index (χ3n) is 3.75. The number of nitrogens with zero attached hydrogens (tertiary/aromatic N) is 3. The van der Waals surface area contributed by atoms with E-state index in [4.69, 9.17) is 4.74 Å². The van der Waals surface area contributed by atoms with E-state index in [0.29, 0.717) is 6.42 Å². The van der Waals surface area contributed by atoms with Crippen molar-refractivity contribution in [1.29, 1.82) is 0 Å². The summed E-state index contributed by atoms with van der Waals surface area (Å²) in [7, 11) is -0.480. The Morgan fingerprint density at radius 1 is 1.53 bits per heavy atom. The SMILES string of the molecule is COC1CC(NS(=O)(=O)c2c(Br)nnn2C)C1(C)C. The molecule has 9 heteroatoms. The first kappa shape index (κ1) is 14.9. The highest BCUT2D eigenvalue weighted by atomic mass is 79.9. The standard InChI is InChI=1S/C10H17BrN4O3S/c1-10(2)6(5-7(10)18-4)13-19(16,17)9-8(11)12-14-15(9)3/h6-7,13H,5H2,1-4H3. The van der Waals surface area contributed by atoms with Crippen LogP contribution in [0.3, 0.4) is 0 Å². The second kappa shape index (κ2) is 4.80. The molecule has 2 unspecified atom stereocenters. The zero-order chi connectivity index (χ0) is 14.4. The summed E-state index contributed by atoms with van der Waals surface area (Å²) in [4.78, 5) is 0. The molecule has 1 aromatic rings. The Balaban J connectivity index is 2.21. The number of halogens is 1. The fourth-order valence-corrected chi connectivity index (χ4v) is 4.84. The highest BCUT2D eigenvalue weighted by molar-refractivity contribution is 9.10. The van der Waals surface area contributed by atoms with Gasteiger partial charge in [-0.2, -0.15) is 0 Å². The molecule has 0 amide bonds. The third kappa shape index (κ3) is 2.44. The number of ether oxygens (including phenoxy) is 1. The van der Waals surface area contributed by atoms with Crippen molar-refractivity contribution in [3.63, 3.8) is 0 Å². The van der Waals surface area contributed by atoms with Crippen LogP contribution in [0.2, 0.25) is 0 Å². The van der Waals surface area contributed by atoms with Crippen LogP contribution < -0.4 is 4.72 Å². The molecule has 1 N–H and O–H groups in total. The predicted octanol–water partition coefficient (Wildman–Crippen LogP) is 0.669. The summed E-state index contributed by atoms with van der Waals surface area (Å²) >= 11 is 3.10. The number of hydrogen-bond acceptors (Lipinski definition) is 5. The van der Waals surface area contributed by atoms with E-state index in [1.807, 2.05) is 13.8 Å². The highest BCUT2D eigenvalue weighted by Crippen LogP contribution is 2.43. The molecule has 108 valence electrons. The number of nitrogens with one attached hydrogen (secondary N) is 1. The van der Waals surface area contributed by atoms with Crippen LogP contribution in [0.25, 0.3) is 0 Å². The highest BCUT2D eigenvalue weighted by Gasteiger charge is 2.50. The molecule has 0 aliphatic heterocycles. The molecule has 7 nitrogen and oxygen atoms in total. The van der Waals surface area contributed by atoms with Crippen molar-refractivity contribution in [2.45, 2.75) is 37.4 Å². The summed E-state index contributed by atoms with van der Waals surface area (Å²) in [6, 6.07) is -0.163. The Bertz CT molecular complexity index is 564. The zero-order valence-corrected chi connectivity index (χ0v) is 13.6. The van der Waals surface area contributed by atoms with E-state index in [2.05, 4.69) is 31.0 Å². The maximum Gasteiger partial charge on any atom is 0.260 e. The first-order chi connectivity index (χ1) is 8.70. The van der Waals surface area contributed by atoms with Crippen molar-refractivity contribution in [1.82, 2.24) is 19.7 Å². The number of sulfonamides is 1. The number of aromatic nitrogens is 3. The average Bonchev–Trinajstić information content (AvgIpc) is 2.64. The molecule has 1 aromatic heterocycles. The fraction of sp³-hybridized carbons (Fsp3) is 0.800. The molecule has 0 spiro atoms. The minimum absolute atomic E-state index is 0.0316. The van der Waals surface area contributed by atoms with Crippen molar-refractivity contribution in [3.8, 4) is 0 Å². The second-order valence-corrected chi connectivity index (χ2v) is 7.64. The Hall–Kier alpha value is -0.510. The molecule has 0 bridgehead atoms. The molecule has 19 heavy (non-hydrogen) atoms. The predicted molar refractivity (Wildman–Crippen MR) is 72.0 cm³/mol. The normalized spacial score (nSPS) is 26.2. The van der Waals surface area contributed by atoms with Gasteiger partial charge in [0.1, 0.15) is 0 Å². The van der Waals surface area contributed by atoms with Crippen LogP contribution in [0.15, 0.2) is 9.63 Å². The van der Waals surface area contributed by atoms with Crippen LogP contribution in [0, 0.1) is 5.41 Å². The van der Waals surface area contributed by atoms with Gasteiger partial charge in [-0.25, -0.2) is 17.8 Å². The summed E-state index contributed by atoms with van der Waals surface area (Å²) in [5, 5.41) is 7.40. The quantitative estimate of drug-likeness (QED) is 0.860. The lowest BCUT2D eigenvalue weighted by molar-refractivity contribution is -0.0908. The van der Waals surface area contributed by atoms with Gasteiger partial charge in [-0.1, -0.05) is 19.1 Å². The lowest BCUT2D eigenvalue weighted by Crippen LogP contribution is -2.61. The first-order valence-electron chi connectivity index (χ1n) is 5.80. The van der Waals surface area contributed by atoms with Gasteiger partial charge in [0.2, 0.25) is 5.03 Å². The maximum atomic E-state index is 12.3. The fourth-order valence-electron chi connectivity index (χ4n) is 2.34. The largest absolute Gasteiger partial charge is 0.381 e. The van der Waals surface area contributed by atoms with Crippen LogP contribution in [0.1, 0.15) is 20.3 Å². The van der Waals surface area contributed by atoms with Gasteiger partial charge in [0.15, 0.2) is 4.60 Å². The van der Waals surface area contributed by atoms with Gasteiger partial charge in [-0.3, -0.25) is 0 Å². The number of rotatable bonds is 4. The van der Waals surface area contributed by atoms with E-state index in [1.54, 1.807) is 7.11 Å². The minimum atomic E-state index is -3.66. The Labute approximate surface area is 120 Å². The van der Waals surface area contributed by atoms with E-state index in [9.17, 15) is 8.42 Å². The van der Waals surface area contributed by atoms with E-state index in [1.165, 1.54) is 11.7 Å². The molecule has 1 saturated carbocycles. The average molecular weight is 353 g/mol. The van der Waals surface area contributed by atoms with Gasteiger partial charge in [0.05, 0.1) is 6.10 Å². The number of methoxy groups -OCH3 is 1. The molecule has 0 aromatic carbocycles. The summed E-state index contributed by atoms with van der Waals surface area (Å²) in [5.74, 6) is 0. The van der Waals surface area contributed by atoms with E-state index in [-0.39, 0.29) is 27.2 Å². The smallest absolute Gasteiger partial charge is 0.260 e. The second-order valence-electron chi connectivity index (χ2n) is 5.26. The van der Waals surface area contributed by atoms with Crippen LogP contribution in [0.4, 0.5) is 0 Å². The van der Waals surface area contributed by atoms with E-state index < -0.39 is 10.0 Å². The first-order valence-corrected chi connectivity index (χ1v) is 8.08. The zero-order valence-electron chi connectivity index (χ0n) is 11.2. The van der Waals surface area contributed by atoms with Gasteiger partial charge >= 0.3 is 0 Å².